The Kier molecular flexibility index (Phi) is 4.92. The van der Waals surface area contributed by atoms with E-state index in [2.05, 4.69) is 27.6 Å². The van der Waals surface area contributed by atoms with Gasteiger partial charge in [0.25, 0.3) is 0 Å². The fraction of sp³-hybridized carbons (Fsp3) is 0.273. The number of H-pyrrole nitrogens is 1. The molecular formula is C22H23N3O2. The molecule has 3 aromatic rings. The van der Waals surface area contributed by atoms with Crippen LogP contribution in [0.1, 0.15) is 41.4 Å². The zero-order valence-corrected chi connectivity index (χ0v) is 15.3. The van der Waals surface area contributed by atoms with Gasteiger partial charge in [-0.15, -0.1) is 0 Å². The van der Waals surface area contributed by atoms with Gasteiger partial charge in [-0.2, -0.15) is 5.10 Å². The summed E-state index contributed by atoms with van der Waals surface area (Å²) in [6, 6.07) is 17.9. The van der Waals surface area contributed by atoms with Gasteiger partial charge in [-0.25, -0.2) is 0 Å². The maximum atomic E-state index is 12.4. The SMILES string of the molecule is COc1ccccc1C1CC(c2cn[nH]c2NC(=O)Cc2ccccc2)C1. The van der Waals surface area contributed by atoms with E-state index in [1.54, 1.807) is 7.11 Å². The Morgan fingerprint density at radius 3 is 2.56 bits per heavy atom. The predicted octanol–water partition coefficient (Wildman–Crippen LogP) is 4.26. The Bertz CT molecular complexity index is 914. The van der Waals surface area contributed by atoms with Crippen LogP contribution in [-0.4, -0.2) is 23.2 Å². The third-order valence-electron chi connectivity index (χ3n) is 5.30. The van der Waals surface area contributed by atoms with Gasteiger partial charge in [0.15, 0.2) is 0 Å². The van der Waals surface area contributed by atoms with E-state index in [1.807, 2.05) is 48.7 Å². The van der Waals surface area contributed by atoms with E-state index in [1.165, 1.54) is 5.56 Å². The summed E-state index contributed by atoms with van der Waals surface area (Å²) in [5, 5.41) is 10.1. The minimum Gasteiger partial charge on any atom is -0.496 e. The van der Waals surface area contributed by atoms with Crippen LogP contribution in [0.5, 0.6) is 5.75 Å². The molecule has 1 aliphatic carbocycles. The number of ether oxygens (including phenoxy) is 1. The van der Waals surface area contributed by atoms with E-state index in [0.717, 1.165) is 35.5 Å². The first-order valence-electron chi connectivity index (χ1n) is 9.24. The van der Waals surface area contributed by atoms with Crippen molar-refractivity contribution in [3.05, 3.63) is 77.5 Å². The first-order chi connectivity index (χ1) is 13.2. The van der Waals surface area contributed by atoms with E-state index >= 15 is 0 Å². The van der Waals surface area contributed by atoms with Crippen LogP contribution in [0.15, 0.2) is 60.8 Å². The summed E-state index contributed by atoms with van der Waals surface area (Å²) in [6.45, 7) is 0. The number of nitrogens with zero attached hydrogens (tertiary/aromatic N) is 1. The molecule has 5 heteroatoms. The number of hydrogen-bond donors (Lipinski definition) is 2. The third-order valence-corrected chi connectivity index (χ3v) is 5.30. The lowest BCUT2D eigenvalue weighted by Gasteiger charge is -2.36. The molecule has 2 aromatic carbocycles. The minimum absolute atomic E-state index is 0.0349. The fourth-order valence-corrected chi connectivity index (χ4v) is 3.80. The third kappa shape index (κ3) is 3.72. The molecule has 1 fully saturated rings. The summed E-state index contributed by atoms with van der Waals surface area (Å²) in [4.78, 5) is 12.4. The number of amides is 1. The lowest BCUT2D eigenvalue weighted by Crippen LogP contribution is -2.22. The molecule has 1 aliphatic rings. The van der Waals surface area contributed by atoms with Crippen molar-refractivity contribution in [2.24, 2.45) is 0 Å². The molecule has 0 saturated heterocycles. The molecule has 2 N–H and O–H groups in total. The van der Waals surface area contributed by atoms with Crippen molar-refractivity contribution in [3.8, 4) is 5.75 Å². The number of hydrogen-bond acceptors (Lipinski definition) is 3. The van der Waals surface area contributed by atoms with Gasteiger partial charge in [-0.3, -0.25) is 9.89 Å². The molecular weight excluding hydrogens is 338 g/mol. The molecule has 27 heavy (non-hydrogen) atoms. The first kappa shape index (κ1) is 17.3. The van der Waals surface area contributed by atoms with Gasteiger partial charge in [-0.1, -0.05) is 48.5 Å². The highest BCUT2D eigenvalue weighted by Gasteiger charge is 2.35. The summed E-state index contributed by atoms with van der Waals surface area (Å²) in [5.74, 6) is 2.51. The smallest absolute Gasteiger partial charge is 0.229 e. The number of rotatable bonds is 6. The van der Waals surface area contributed by atoms with Crippen LogP contribution in [0.4, 0.5) is 5.82 Å². The molecule has 1 saturated carbocycles. The average molecular weight is 361 g/mol. The largest absolute Gasteiger partial charge is 0.496 e. The van der Waals surface area contributed by atoms with Gasteiger partial charge in [-0.05, 0) is 41.9 Å². The van der Waals surface area contributed by atoms with Crippen LogP contribution in [-0.2, 0) is 11.2 Å². The van der Waals surface area contributed by atoms with Crippen LogP contribution >= 0.6 is 0 Å². The Labute approximate surface area is 158 Å². The summed E-state index contributed by atoms with van der Waals surface area (Å²) >= 11 is 0. The lowest BCUT2D eigenvalue weighted by atomic mass is 9.69. The summed E-state index contributed by atoms with van der Waals surface area (Å²) in [5.41, 5.74) is 3.34. The number of carbonyl (C=O) groups is 1. The van der Waals surface area contributed by atoms with Gasteiger partial charge < -0.3 is 10.1 Å². The van der Waals surface area contributed by atoms with Crippen molar-refractivity contribution < 1.29 is 9.53 Å². The van der Waals surface area contributed by atoms with Gasteiger partial charge in [0.1, 0.15) is 11.6 Å². The number of benzene rings is 2. The number of anilines is 1. The highest BCUT2D eigenvalue weighted by molar-refractivity contribution is 5.92. The maximum absolute atomic E-state index is 12.4. The number of nitrogens with one attached hydrogen (secondary N) is 2. The molecule has 0 atom stereocenters. The van der Waals surface area contributed by atoms with Crippen LogP contribution in [0.25, 0.3) is 0 Å². The first-order valence-corrected chi connectivity index (χ1v) is 9.24. The Balaban J connectivity index is 1.39. The van der Waals surface area contributed by atoms with Crippen molar-refractivity contribution in [1.82, 2.24) is 10.2 Å². The number of methoxy groups -OCH3 is 1. The zero-order chi connectivity index (χ0) is 18.6. The van der Waals surface area contributed by atoms with Crippen molar-refractivity contribution in [2.45, 2.75) is 31.1 Å². The number of carbonyl (C=O) groups excluding carboxylic acids is 1. The Morgan fingerprint density at radius 2 is 1.78 bits per heavy atom. The molecule has 0 radical (unpaired) electrons. The molecule has 0 aliphatic heterocycles. The number of aromatic amines is 1. The van der Waals surface area contributed by atoms with Crippen LogP contribution in [0, 0.1) is 0 Å². The molecule has 1 heterocycles. The molecule has 1 amide bonds. The second-order valence-corrected chi connectivity index (χ2v) is 7.02. The minimum atomic E-state index is -0.0349. The maximum Gasteiger partial charge on any atom is 0.229 e. The summed E-state index contributed by atoms with van der Waals surface area (Å²) < 4.78 is 5.49. The van der Waals surface area contributed by atoms with E-state index in [0.29, 0.717) is 18.3 Å². The van der Waals surface area contributed by atoms with Gasteiger partial charge >= 0.3 is 0 Å². The molecule has 138 valence electrons. The molecule has 0 bridgehead atoms. The highest BCUT2D eigenvalue weighted by Crippen LogP contribution is 2.50. The molecule has 0 unspecified atom stereocenters. The Morgan fingerprint density at radius 1 is 1.07 bits per heavy atom. The van der Waals surface area contributed by atoms with Crippen molar-refractivity contribution >= 4 is 11.7 Å². The van der Waals surface area contributed by atoms with E-state index in [-0.39, 0.29) is 5.91 Å². The number of para-hydroxylation sites is 1. The van der Waals surface area contributed by atoms with Gasteiger partial charge in [0.2, 0.25) is 5.91 Å². The quantitative estimate of drug-likeness (QED) is 0.689. The normalized spacial score (nSPS) is 18.6. The molecule has 5 nitrogen and oxygen atoms in total. The summed E-state index contributed by atoms with van der Waals surface area (Å²) in [7, 11) is 1.71. The molecule has 4 rings (SSSR count). The van der Waals surface area contributed by atoms with E-state index in [4.69, 9.17) is 4.74 Å². The van der Waals surface area contributed by atoms with Crippen LogP contribution in [0.2, 0.25) is 0 Å². The second kappa shape index (κ2) is 7.66. The van der Waals surface area contributed by atoms with Crippen molar-refractivity contribution in [3.63, 3.8) is 0 Å². The summed E-state index contributed by atoms with van der Waals surface area (Å²) in [6.07, 6.45) is 4.25. The van der Waals surface area contributed by atoms with Crippen molar-refractivity contribution in [1.29, 1.82) is 0 Å². The van der Waals surface area contributed by atoms with Gasteiger partial charge in [0, 0.05) is 5.56 Å². The standard InChI is InChI=1S/C22H23N3O2/c1-27-20-10-6-5-9-18(20)16-12-17(13-16)19-14-23-25-22(19)24-21(26)11-15-7-3-2-4-8-15/h2-10,14,16-17H,11-13H2,1H3,(H2,23,24,25,26). The fourth-order valence-electron chi connectivity index (χ4n) is 3.80. The average Bonchev–Trinajstić information content (AvgIpc) is 3.09. The van der Waals surface area contributed by atoms with Crippen LogP contribution < -0.4 is 10.1 Å². The van der Waals surface area contributed by atoms with Gasteiger partial charge in [0.05, 0.1) is 19.7 Å². The zero-order valence-electron chi connectivity index (χ0n) is 15.3. The predicted molar refractivity (Wildman–Crippen MR) is 105 cm³/mol. The number of aromatic nitrogens is 2. The van der Waals surface area contributed by atoms with Crippen molar-refractivity contribution in [2.75, 3.05) is 12.4 Å². The topological polar surface area (TPSA) is 67.0 Å². The molecule has 1 aromatic heterocycles. The molecule has 0 spiro atoms. The lowest BCUT2D eigenvalue weighted by molar-refractivity contribution is -0.115. The second-order valence-electron chi connectivity index (χ2n) is 7.02. The Hall–Kier alpha value is -3.08. The van der Waals surface area contributed by atoms with E-state index in [9.17, 15) is 4.79 Å². The van der Waals surface area contributed by atoms with Crippen LogP contribution in [0.3, 0.4) is 0 Å². The van der Waals surface area contributed by atoms with E-state index < -0.39 is 0 Å². The highest BCUT2D eigenvalue weighted by atomic mass is 16.5. The monoisotopic (exact) mass is 361 g/mol.